The maximum atomic E-state index is 12.2. The number of hydrogen-bond donors (Lipinski definition) is 0. The average Bonchev–Trinajstić information content (AvgIpc) is 2.62. The van der Waals surface area contributed by atoms with Gasteiger partial charge in [-0.25, -0.2) is 9.86 Å². The highest BCUT2D eigenvalue weighted by Crippen LogP contribution is 2.36. The average molecular weight is 295 g/mol. The third kappa shape index (κ3) is 2.73. The lowest BCUT2D eigenvalue weighted by molar-refractivity contribution is -0.137. The summed E-state index contributed by atoms with van der Waals surface area (Å²) < 4.78 is 4.94. The maximum absolute atomic E-state index is 12.2. The lowest BCUT2D eigenvalue weighted by Crippen LogP contribution is -2.36. The number of hydrogen-bond acceptors (Lipinski definition) is 4. The van der Waals surface area contributed by atoms with Crippen LogP contribution in [0, 0.1) is 0 Å². The van der Waals surface area contributed by atoms with Gasteiger partial charge < -0.3 is 4.74 Å². The first-order chi connectivity index (χ1) is 10.8. The molecule has 0 fully saturated rings. The Morgan fingerprint density at radius 2 is 1.73 bits per heavy atom. The van der Waals surface area contributed by atoms with Crippen molar-refractivity contribution >= 4 is 11.7 Å². The molecule has 0 amide bonds. The van der Waals surface area contributed by atoms with Gasteiger partial charge in [0.1, 0.15) is 6.04 Å². The number of carbonyl (C=O) groups excluding carboxylic acids is 1. The molecule has 4 heteroatoms. The Labute approximate surface area is 129 Å². The van der Waals surface area contributed by atoms with Crippen LogP contribution in [0.2, 0.25) is 0 Å². The normalized spacial score (nSPS) is 17.8. The number of para-hydroxylation sites is 1. The molecular weight excluding hydrogens is 278 g/mol. The van der Waals surface area contributed by atoms with Gasteiger partial charge in [-0.2, -0.15) is 0 Å². The Bertz CT molecular complexity index is 667. The largest absolute Gasteiger partial charge is 0.466 e. The molecular formula is C18H17NO3. The van der Waals surface area contributed by atoms with Crippen molar-refractivity contribution in [2.45, 2.75) is 6.04 Å². The van der Waals surface area contributed by atoms with Crippen molar-refractivity contribution < 1.29 is 14.4 Å². The fourth-order valence-electron chi connectivity index (χ4n) is 2.58. The summed E-state index contributed by atoms with van der Waals surface area (Å²) in [7, 11) is 1.40. The van der Waals surface area contributed by atoms with E-state index in [1.807, 2.05) is 60.7 Å². The molecule has 22 heavy (non-hydrogen) atoms. The zero-order valence-corrected chi connectivity index (χ0v) is 12.3. The summed E-state index contributed by atoms with van der Waals surface area (Å²) in [5.74, 6) is -0.335. The van der Waals surface area contributed by atoms with E-state index >= 15 is 0 Å². The van der Waals surface area contributed by atoms with Crippen LogP contribution in [0.15, 0.2) is 72.3 Å². The third-order valence-corrected chi connectivity index (χ3v) is 3.59. The SMILES string of the molecule is COC(=O)C1=CCON(c2ccccc2)[C@H]1c1ccccc1. The van der Waals surface area contributed by atoms with Crippen LogP contribution in [0.5, 0.6) is 0 Å². The molecule has 0 radical (unpaired) electrons. The van der Waals surface area contributed by atoms with E-state index in [9.17, 15) is 4.79 Å². The van der Waals surface area contributed by atoms with Crippen LogP contribution in [-0.2, 0) is 14.4 Å². The second kappa shape index (κ2) is 6.45. The minimum atomic E-state index is -0.335. The Morgan fingerprint density at radius 1 is 1.09 bits per heavy atom. The zero-order valence-electron chi connectivity index (χ0n) is 12.3. The molecule has 112 valence electrons. The summed E-state index contributed by atoms with van der Waals surface area (Å²) in [6.45, 7) is 0.336. The third-order valence-electron chi connectivity index (χ3n) is 3.59. The number of rotatable bonds is 3. The van der Waals surface area contributed by atoms with Crippen LogP contribution in [-0.4, -0.2) is 19.7 Å². The van der Waals surface area contributed by atoms with Gasteiger partial charge in [-0.05, 0) is 23.8 Å². The van der Waals surface area contributed by atoms with Gasteiger partial charge in [0.05, 0.1) is 25.0 Å². The smallest absolute Gasteiger partial charge is 0.336 e. The number of methoxy groups -OCH3 is 1. The zero-order chi connectivity index (χ0) is 15.4. The van der Waals surface area contributed by atoms with Crippen LogP contribution in [0.25, 0.3) is 0 Å². The van der Waals surface area contributed by atoms with Gasteiger partial charge in [0, 0.05) is 0 Å². The number of nitrogens with zero attached hydrogens (tertiary/aromatic N) is 1. The highest BCUT2D eigenvalue weighted by Gasteiger charge is 2.33. The summed E-state index contributed by atoms with van der Waals surface area (Å²) in [6, 6.07) is 19.2. The summed E-state index contributed by atoms with van der Waals surface area (Å²) in [6.07, 6.45) is 1.78. The molecule has 1 atom stereocenters. The van der Waals surface area contributed by atoms with Crippen LogP contribution in [0.3, 0.4) is 0 Å². The standard InChI is InChI=1S/C18H17NO3/c1-21-18(20)16-12-13-22-19(15-10-6-3-7-11-15)17(16)14-8-4-2-5-9-14/h2-12,17H,13H2,1H3/t17-/m0/s1. The predicted octanol–water partition coefficient (Wildman–Crippen LogP) is 3.28. The lowest BCUT2D eigenvalue weighted by atomic mass is 9.96. The Morgan fingerprint density at radius 3 is 2.36 bits per heavy atom. The molecule has 0 saturated heterocycles. The van der Waals surface area contributed by atoms with Gasteiger partial charge >= 0.3 is 5.97 Å². The van der Waals surface area contributed by atoms with Crippen LogP contribution < -0.4 is 5.06 Å². The second-order valence-electron chi connectivity index (χ2n) is 4.92. The maximum Gasteiger partial charge on any atom is 0.336 e. The highest BCUT2D eigenvalue weighted by atomic mass is 16.7. The Kier molecular flexibility index (Phi) is 4.21. The van der Waals surface area contributed by atoms with Crippen molar-refractivity contribution in [3.05, 3.63) is 77.9 Å². The Hall–Kier alpha value is -2.59. The molecule has 0 saturated carbocycles. The van der Waals surface area contributed by atoms with Crippen molar-refractivity contribution in [1.82, 2.24) is 0 Å². The molecule has 2 aromatic carbocycles. The monoisotopic (exact) mass is 295 g/mol. The van der Waals surface area contributed by atoms with E-state index in [1.54, 1.807) is 11.1 Å². The van der Waals surface area contributed by atoms with E-state index in [-0.39, 0.29) is 12.0 Å². The van der Waals surface area contributed by atoms with Gasteiger partial charge in [-0.1, -0.05) is 48.5 Å². The molecule has 4 nitrogen and oxygen atoms in total. The van der Waals surface area contributed by atoms with E-state index in [4.69, 9.17) is 9.57 Å². The van der Waals surface area contributed by atoms with Crippen LogP contribution in [0.1, 0.15) is 11.6 Å². The number of ether oxygens (including phenoxy) is 1. The molecule has 0 N–H and O–H groups in total. The molecule has 0 spiro atoms. The summed E-state index contributed by atoms with van der Waals surface area (Å²) in [4.78, 5) is 18.0. The van der Waals surface area contributed by atoms with Crippen molar-refractivity contribution in [3.63, 3.8) is 0 Å². The molecule has 0 aromatic heterocycles. The van der Waals surface area contributed by atoms with Gasteiger partial charge in [-0.15, -0.1) is 0 Å². The van der Waals surface area contributed by atoms with Gasteiger partial charge in [0.15, 0.2) is 0 Å². The second-order valence-corrected chi connectivity index (χ2v) is 4.92. The fraction of sp³-hybridized carbons (Fsp3) is 0.167. The molecule has 2 aromatic rings. The van der Waals surface area contributed by atoms with Crippen molar-refractivity contribution in [2.75, 3.05) is 18.8 Å². The molecule has 1 aliphatic heterocycles. The number of carbonyl (C=O) groups is 1. The minimum Gasteiger partial charge on any atom is -0.466 e. The first-order valence-corrected chi connectivity index (χ1v) is 7.12. The quantitative estimate of drug-likeness (QED) is 0.815. The number of benzene rings is 2. The molecule has 0 unspecified atom stereocenters. The highest BCUT2D eigenvalue weighted by molar-refractivity contribution is 5.91. The summed E-state index contributed by atoms with van der Waals surface area (Å²) in [5.41, 5.74) is 2.46. The first-order valence-electron chi connectivity index (χ1n) is 7.12. The minimum absolute atomic E-state index is 0.329. The summed E-state index contributed by atoms with van der Waals surface area (Å²) in [5, 5.41) is 1.77. The van der Waals surface area contributed by atoms with Crippen molar-refractivity contribution in [1.29, 1.82) is 0 Å². The van der Waals surface area contributed by atoms with Gasteiger partial charge in [-0.3, -0.25) is 4.84 Å². The number of hydroxylamine groups is 1. The van der Waals surface area contributed by atoms with E-state index in [0.29, 0.717) is 12.2 Å². The molecule has 3 rings (SSSR count). The van der Waals surface area contributed by atoms with E-state index in [0.717, 1.165) is 11.3 Å². The van der Waals surface area contributed by atoms with E-state index in [1.165, 1.54) is 7.11 Å². The number of esters is 1. The number of anilines is 1. The predicted molar refractivity (Wildman–Crippen MR) is 84.2 cm³/mol. The van der Waals surface area contributed by atoms with Gasteiger partial charge in [0.25, 0.3) is 0 Å². The molecule has 1 aliphatic rings. The lowest BCUT2D eigenvalue weighted by Gasteiger charge is -2.36. The fourth-order valence-corrected chi connectivity index (χ4v) is 2.58. The molecule has 1 heterocycles. The first kappa shape index (κ1) is 14.4. The summed E-state index contributed by atoms with van der Waals surface area (Å²) >= 11 is 0. The van der Waals surface area contributed by atoms with Crippen molar-refractivity contribution in [2.24, 2.45) is 0 Å². The molecule has 0 bridgehead atoms. The van der Waals surface area contributed by atoms with Crippen LogP contribution >= 0.6 is 0 Å². The molecule has 0 aliphatic carbocycles. The van der Waals surface area contributed by atoms with E-state index < -0.39 is 0 Å². The van der Waals surface area contributed by atoms with Gasteiger partial charge in [0.2, 0.25) is 0 Å². The van der Waals surface area contributed by atoms with Crippen LogP contribution in [0.4, 0.5) is 5.69 Å². The topological polar surface area (TPSA) is 38.8 Å². The Balaban J connectivity index is 2.06. The van der Waals surface area contributed by atoms with E-state index in [2.05, 4.69) is 0 Å². The van der Waals surface area contributed by atoms with Crippen molar-refractivity contribution in [3.8, 4) is 0 Å².